The van der Waals surface area contributed by atoms with Crippen molar-refractivity contribution in [2.75, 3.05) is 0 Å². The van der Waals surface area contributed by atoms with Crippen molar-refractivity contribution in [3.63, 3.8) is 0 Å². The van der Waals surface area contributed by atoms with Gasteiger partial charge in [0.05, 0.1) is 6.42 Å². The van der Waals surface area contributed by atoms with Crippen LogP contribution in [0.4, 0.5) is 0 Å². The van der Waals surface area contributed by atoms with E-state index in [9.17, 15) is 0 Å². The van der Waals surface area contributed by atoms with Gasteiger partial charge in [0, 0.05) is 13.8 Å². The second-order valence-corrected chi connectivity index (χ2v) is 2.00. The number of hydrogen-bond donors (Lipinski definition) is 1. The summed E-state index contributed by atoms with van der Waals surface area (Å²) in [7, 11) is 0. The highest BCUT2D eigenvalue weighted by molar-refractivity contribution is 5.79. The van der Waals surface area contributed by atoms with E-state index in [1.807, 2.05) is 0 Å². The number of allylic oxidation sites excluding steroid dienone is 2. The van der Waals surface area contributed by atoms with Gasteiger partial charge in [-0.05, 0) is 6.08 Å². The molecule has 0 atom stereocenters. The highest BCUT2D eigenvalue weighted by atomic mass is 14.8. The molecule has 1 nitrogen and oxygen atoms in total. The topological polar surface area (TPSA) is 14.0 Å². The molecule has 0 aromatic heterocycles. The molecule has 0 amide bonds. The van der Waals surface area contributed by atoms with Crippen LogP contribution in [0.3, 0.4) is 0 Å². The molecule has 0 aromatic rings. The van der Waals surface area contributed by atoms with E-state index in [-0.39, 0.29) is 0 Å². The average molecular weight is 96.2 g/mol. The number of rotatable bonds is 0. The van der Waals surface area contributed by atoms with Gasteiger partial charge in [-0.2, -0.15) is 0 Å². The van der Waals surface area contributed by atoms with Crippen LogP contribution in [0.15, 0.2) is 11.8 Å². The van der Waals surface area contributed by atoms with Crippen LogP contribution in [0.1, 0.15) is 20.3 Å². The van der Waals surface area contributed by atoms with Crippen LogP contribution < -0.4 is 4.99 Å². The van der Waals surface area contributed by atoms with Crippen molar-refractivity contribution in [2.45, 2.75) is 20.3 Å². The van der Waals surface area contributed by atoms with E-state index in [0.29, 0.717) is 0 Å². The summed E-state index contributed by atoms with van der Waals surface area (Å²) < 4.78 is 0. The lowest BCUT2D eigenvalue weighted by Gasteiger charge is -1.70. The Morgan fingerprint density at radius 1 is 1.57 bits per heavy atom. The molecule has 0 unspecified atom stereocenters. The Balaban J connectivity index is 2.69. The van der Waals surface area contributed by atoms with Crippen LogP contribution in [0.25, 0.3) is 0 Å². The van der Waals surface area contributed by atoms with Gasteiger partial charge in [0.15, 0.2) is 11.4 Å². The van der Waals surface area contributed by atoms with Crippen molar-refractivity contribution in [2.24, 2.45) is 0 Å². The summed E-state index contributed by atoms with van der Waals surface area (Å²) in [4.78, 5) is 3.19. The Hall–Kier alpha value is -0.590. The van der Waals surface area contributed by atoms with Crippen molar-refractivity contribution >= 4 is 5.71 Å². The molecule has 7 heavy (non-hydrogen) atoms. The first-order valence-electron chi connectivity index (χ1n) is 2.55. The zero-order chi connectivity index (χ0) is 5.28. The monoisotopic (exact) mass is 96.1 g/mol. The van der Waals surface area contributed by atoms with Gasteiger partial charge in [-0.25, -0.2) is 4.99 Å². The van der Waals surface area contributed by atoms with E-state index < -0.39 is 0 Å². The standard InChI is InChI=1S/C6H9N/c1-5-3-4-6(2)7-5/h3H,4H2,1-2H3/p+1. The Morgan fingerprint density at radius 3 is 2.43 bits per heavy atom. The highest BCUT2D eigenvalue weighted by Gasteiger charge is 2.04. The molecule has 1 heteroatoms. The fourth-order valence-electron chi connectivity index (χ4n) is 0.745. The molecule has 1 aliphatic heterocycles. The fourth-order valence-corrected chi connectivity index (χ4v) is 0.745. The minimum Gasteiger partial charge on any atom is -0.217 e. The molecule has 1 N–H and O–H groups in total. The molecular formula is C6H10N+. The van der Waals surface area contributed by atoms with E-state index in [4.69, 9.17) is 0 Å². The SMILES string of the molecule is CC1=CCC(C)=[NH+]1. The van der Waals surface area contributed by atoms with Crippen molar-refractivity contribution in [1.82, 2.24) is 0 Å². The summed E-state index contributed by atoms with van der Waals surface area (Å²) in [6.45, 7) is 4.18. The summed E-state index contributed by atoms with van der Waals surface area (Å²) in [5.41, 5.74) is 2.65. The van der Waals surface area contributed by atoms with Crippen LogP contribution in [-0.2, 0) is 0 Å². The van der Waals surface area contributed by atoms with E-state index in [2.05, 4.69) is 24.9 Å². The van der Waals surface area contributed by atoms with Crippen LogP contribution in [0, 0.1) is 0 Å². The second-order valence-electron chi connectivity index (χ2n) is 2.00. The lowest BCUT2D eigenvalue weighted by molar-refractivity contribution is -0.393. The zero-order valence-electron chi connectivity index (χ0n) is 4.78. The highest BCUT2D eigenvalue weighted by Crippen LogP contribution is 1.89. The molecule has 0 aliphatic carbocycles. The van der Waals surface area contributed by atoms with Gasteiger partial charge in [0.2, 0.25) is 0 Å². The van der Waals surface area contributed by atoms with Crippen LogP contribution in [0.2, 0.25) is 0 Å². The molecule has 38 valence electrons. The lowest BCUT2D eigenvalue weighted by atomic mass is 10.3. The Bertz CT molecular complexity index is 131. The zero-order valence-corrected chi connectivity index (χ0v) is 4.78. The molecule has 0 fully saturated rings. The van der Waals surface area contributed by atoms with E-state index in [0.717, 1.165) is 6.42 Å². The van der Waals surface area contributed by atoms with Gasteiger partial charge in [-0.1, -0.05) is 0 Å². The Labute approximate surface area is 43.8 Å². The summed E-state index contributed by atoms with van der Waals surface area (Å²) in [5, 5.41) is 0. The average Bonchev–Trinajstić information content (AvgIpc) is 1.87. The quantitative estimate of drug-likeness (QED) is 0.430. The molecule has 0 aromatic carbocycles. The minimum atomic E-state index is 1.12. The molecule has 1 rings (SSSR count). The van der Waals surface area contributed by atoms with Gasteiger partial charge in [-0.15, -0.1) is 0 Å². The van der Waals surface area contributed by atoms with Crippen LogP contribution >= 0.6 is 0 Å². The largest absolute Gasteiger partial charge is 0.217 e. The molecule has 0 spiro atoms. The van der Waals surface area contributed by atoms with Crippen molar-refractivity contribution in [1.29, 1.82) is 0 Å². The lowest BCUT2D eigenvalue weighted by Crippen LogP contribution is -2.66. The predicted molar refractivity (Wildman–Crippen MR) is 30.0 cm³/mol. The Morgan fingerprint density at radius 2 is 2.29 bits per heavy atom. The van der Waals surface area contributed by atoms with Gasteiger partial charge in [0.25, 0.3) is 0 Å². The van der Waals surface area contributed by atoms with E-state index in [1.165, 1.54) is 11.4 Å². The summed E-state index contributed by atoms with van der Waals surface area (Å²) in [6.07, 6.45) is 3.31. The first kappa shape index (κ1) is 4.57. The van der Waals surface area contributed by atoms with Gasteiger partial charge < -0.3 is 0 Å². The van der Waals surface area contributed by atoms with Crippen molar-refractivity contribution in [3.8, 4) is 0 Å². The van der Waals surface area contributed by atoms with Crippen LogP contribution in [-0.4, -0.2) is 5.71 Å². The first-order valence-corrected chi connectivity index (χ1v) is 2.55. The minimum absolute atomic E-state index is 1.12. The summed E-state index contributed by atoms with van der Waals surface area (Å²) >= 11 is 0. The van der Waals surface area contributed by atoms with E-state index in [1.54, 1.807) is 0 Å². The van der Waals surface area contributed by atoms with Crippen molar-refractivity contribution < 1.29 is 4.99 Å². The maximum atomic E-state index is 3.19. The molecular weight excluding hydrogens is 86.1 g/mol. The maximum Gasteiger partial charge on any atom is 0.172 e. The number of nitrogens with one attached hydrogen (secondary N) is 1. The molecule has 0 saturated heterocycles. The Kier molecular flexibility index (Phi) is 0.970. The molecule has 0 bridgehead atoms. The first-order chi connectivity index (χ1) is 3.29. The third kappa shape index (κ3) is 0.889. The van der Waals surface area contributed by atoms with Gasteiger partial charge >= 0.3 is 0 Å². The second kappa shape index (κ2) is 1.49. The molecule has 0 saturated carbocycles. The fraction of sp³-hybridized carbons (Fsp3) is 0.500. The van der Waals surface area contributed by atoms with Gasteiger partial charge in [0.1, 0.15) is 0 Å². The molecule has 1 aliphatic rings. The molecule has 0 radical (unpaired) electrons. The smallest absolute Gasteiger partial charge is 0.172 e. The normalized spacial score (nSPS) is 19.1. The maximum absolute atomic E-state index is 3.19. The summed E-state index contributed by atoms with van der Waals surface area (Å²) in [6, 6.07) is 0. The van der Waals surface area contributed by atoms with Gasteiger partial charge in [-0.3, -0.25) is 0 Å². The van der Waals surface area contributed by atoms with Crippen LogP contribution in [0.5, 0.6) is 0 Å². The number of hydrogen-bond acceptors (Lipinski definition) is 0. The molecule has 1 heterocycles. The summed E-state index contributed by atoms with van der Waals surface area (Å²) in [5.74, 6) is 0. The third-order valence-electron chi connectivity index (χ3n) is 1.12. The predicted octanol–water partition coefficient (Wildman–Crippen LogP) is -0.165. The third-order valence-corrected chi connectivity index (χ3v) is 1.12. The van der Waals surface area contributed by atoms with E-state index >= 15 is 0 Å². The van der Waals surface area contributed by atoms with Crippen molar-refractivity contribution in [3.05, 3.63) is 11.8 Å².